The van der Waals surface area contributed by atoms with Crippen molar-refractivity contribution in [2.24, 2.45) is 0 Å². The van der Waals surface area contributed by atoms with E-state index in [0.29, 0.717) is 17.9 Å². The minimum absolute atomic E-state index is 0.0139. The van der Waals surface area contributed by atoms with Gasteiger partial charge in [0, 0.05) is 24.2 Å². The number of aromatic nitrogens is 1. The number of benzene rings is 2. The van der Waals surface area contributed by atoms with E-state index in [1.165, 1.54) is 0 Å². The van der Waals surface area contributed by atoms with Crippen LogP contribution < -0.4 is 14.4 Å². The van der Waals surface area contributed by atoms with E-state index in [0.717, 1.165) is 35.5 Å². The molecule has 1 aliphatic carbocycles. The molecule has 1 saturated carbocycles. The minimum atomic E-state index is -0.444. The second-order valence-corrected chi connectivity index (χ2v) is 8.67. The van der Waals surface area contributed by atoms with Gasteiger partial charge in [0.1, 0.15) is 24.1 Å². The quantitative estimate of drug-likeness (QED) is 0.528. The van der Waals surface area contributed by atoms with Crippen LogP contribution in [0.5, 0.6) is 11.5 Å². The van der Waals surface area contributed by atoms with E-state index in [9.17, 15) is 9.59 Å². The lowest BCUT2D eigenvalue weighted by atomic mass is 9.96. The van der Waals surface area contributed by atoms with Crippen LogP contribution in [0.3, 0.4) is 0 Å². The summed E-state index contributed by atoms with van der Waals surface area (Å²) in [6, 6.07) is 17.2. The average molecular weight is 460 g/mol. The molecule has 0 bridgehead atoms. The maximum Gasteiger partial charge on any atom is 0.247 e. The summed E-state index contributed by atoms with van der Waals surface area (Å²) in [5, 5.41) is 0. The third-order valence-corrected chi connectivity index (χ3v) is 6.64. The van der Waals surface area contributed by atoms with Crippen LogP contribution in [0.25, 0.3) is 5.69 Å². The van der Waals surface area contributed by atoms with Gasteiger partial charge >= 0.3 is 0 Å². The molecule has 0 radical (unpaired) electrons. The summed E-state index contributed by atoms with van der Waals surface area (Å²) in [6.07, 6.45) is 4.29. The number of fused-ring (bicyclic) bond motifs is 3. The molecule has 176 valence electrons. The van der Waals surface area contributed by atoms with E-state index >= 15 is 0 Å². The minimum Gasteiger partial charge on any atom is -0.497 e. The number of carbonyl (C=O) groups excluding carboxylic acids is 2. The molecule has 2 heterocycles. The van der Waals surface area contributed by atoms with Crippen LogP contribution >= 0.6 is 0 Å². The lowest BCUT2D eigenvalue weighted by Gasteiger charge is -2.40. The molecule has 5 rings (SSSR count). The van der Waals surface area contributed by atoms with Crippen molar-refractivity contribution in [3.8, 4) is 17.2 Å². The van der Waals surface area contributed by atoms with E-state index in [-0.39, 0.29) is 24.4 Å². The molecule has 7 nitrogen and oxygen atoms in total. The van der Waals surface area contributed by atoms with Crippen molar-refractivity contribution < 1.29 is 19.1 Å². The topological polar surface area (TPSA) is 64.0 Å². The number of methoxy groups -OCH3 is 2. The van der Waals surface area contributed by atoms with Crippen LogP contribution in [0.15, 0.2) is 60.8 Å². The van der Waals surface area contributed by atoms with Crippen molar-refractivity contribution in [3.63, 3.8) is 0 Å². The van der Waals surface area contributed by atoms with Crippen LogP contribution in [0.4, 0.5) is 5.69 Å². The fourth-order valence-electron chi connectivity index (χ4n) is 4.84. The summed E-state index contributed by atoms with van der Waals surface area (Å²) in [6.45, 7) is 1.89. The summed E-state index contributed by atoms with van der Waals surface area (Å²) < 4.78 is 13.3. The zero-order valence-corrected chi connectivity index (χ0v) is 19.7. The molecule has 1 atom stereocenters. The Bertz CT molecular complexity index is 1230. The smallest absolute Gasteiger partial charge is 0.247 e. The number of hydrogen-bond donors (Lipinski definition) is 0. The average Bonchev–Trinajstić information content (AvgIpc) is 3.60. The Balaban J connectivity index is 1.66. The van der Waals surface area contributed by atoms with Gasteiger partial charge in [0.25, 0.3) is 0 Å². The lowest BCUT2D eigenvalue weighted by molar-refractivity contribution is -0.135. The van der Waals surface area contributed by atoms with Gasteiger partial charge in [-0.2, -0.15) is 0 Å². The number of ether oxygens (including phenoxy) is 2. The molecular weight excluding hydrogens is 430 g/mol. The molecule has 0 spiro atoms. The molecule has 1 fully saturated rings. The normalized spacial score (nSPS) is 16.4. The van der Waals surface area contributed by atoms with Crippen LogP contribution in [0.1, 0.15) is 43.5 Å². The maximum atomic E-state index is 14.0. The molecule has 1 aliphatic heterocycles. The maximum absolute atomic E-state index is 14.0. The number of rotatable bonds is 7. The van der Waals surface area contributed by atoms with Gasteiger partial charge in [-0.3, -0.25) is 14.5 Å². The second kappa shape index (κ2) is 8.89. The Morgan fingerprint density at radius 1 is 1.00 bits per heavy atom. The van der Waals surface area contributed by atoms with E-state index in [1.54, 1.807) is 19.1 Å². The zero-order chi connectivity index (χ0) is 23.8. The van der Waals surface area contributed by atoms with Crippen molar-refractivity contribution in [1.82, 2.24) is 9.47 Å². The Morgan fingerprint density at radius 2 is 1.76 bits per heavy atom. The highest BCUT2D eigenvalue weighted by atomic mass is 16.5. The van der Waals surface area contributed by atoms with Gasteiger partial charge in [0.15, 0.2) is 0 Å². The summed E-state index contributed by atoms with van der Waals surface area (Å²) in [5.41, 5.74) is 3.49. The van der Waals surface area contributed by atoms with E-state index in [1.807, 2.05) is 72.6 Å². The molecule has 34 heavy (non-hydrogen) atoms. The first-order valence-corrected chi connectivity index (χ1v) is 11.7. The third kappa shape index (κ3) is 3.71. The summed E-state index contributed by atoms with van der Waals surface area (Å²) in [7, 11) is 3.25. The molecule has 2 aromatic carbocycles. The van der Waals surface area contributed by atoms with Gasteiger partial charge < -0.3 is 18.9 Å². The number of carbonyl (C=O) groups is 2. The highest BCUT2D eigenvalue weighted by Gasteiger charge is 2.40. The van der Waals surface area contributed by atoms with E-state index in [4.69, 9.17) is 9.47 Å². The fraction of sp³-hybridized carbons (Fsp3) is 0.333. The predicted octanol–water partition coefficient (Wildman–Crippen LogP) is 4.33. The SMILES string of the molecule is CCC(=O)N(CC(=O)N1c2ccccc2-n2cccc2C1c1cc(OC)ccc1OC)C1CC1. The summed E-state index contributed by atoms with van der Waals surface area (Å²) in [5.74, 6) is 1.24. The molecule has 1 unspecified atom stereocenters. The standard InChI is InChI=1S/C27H29N3O4/c1-4-25(31)29(18-11-12-18)17-26(32)30-22-9-6-5-8-21(22)28-15-7-10-23(28)27(30)20-16-19(33-2)13-14-24(20)34-3/h5-10,13-16,18,27H,4,11-12,17H2,1-3H3. The van der Waals surface area contributed by atoms with Crippen LogP contribution in [0.2, 0.25) is 0 Å². The number of para-hydroxylation sites is 2. The Hall–Kier alpha value is -3.74. The Labute approximate surface area is 199 Å². The van der Waals surface area contributed by atoms with Crippen molar-refractivity contribution in [3.05, 3.63) is 72.1 Å². The molecule has 2 amide bonds. The molecule has 7 heteroatoms. The zero-order valence-electron chi connectivity index (χ0n) is 19.7. The monoisotopic (exact) mass is 459 g/mol. The highest BCUT2D eigenvalue weighted by molar-refractivity contribution is 6.00. The first kappa shape index (κ1) is 22.1. The summed E-state index contributed by atoms with van der Waals surface area (Å²) in [4.78, 5) is 30.3. The van der Waals surface area contributed by atoms with E-state index in [2.05, 4.69) is 4.57 Å². The van der Waals surface area contributed by atoms with Crippen molar-refractivity contribution in [1.29, 1.82) is 0 Å². The number of anilines is 1. The largest absolute Gasteiger partial charge is 0.497 e. The van der Waals surface area contributed by atoms with Crippen LogP contribution in [-0.2, 0) is 9.59 Å². The molecule has 1 aromatic heterocycles. The van der Waals surface area contributed by atoms with Crippen molar-refractivity contribution in [2.75, 3.05) is 25.7 Å². The number of hydrogen-bond acceptors (Lipinski definition) is 4. The number of nitrogens with zero attached hydrogens (tertiary/aromatic N) is 3. The molecular formula is C27H29N3O4. The van der Waals surface area contributed by atoms with Crippen molar-refractivity contribution in [2.45, 2.75) is 38.3 Å². The predicted molar refractivity (Wildman–Crippen MR) is 130 cm³/mol. The van der Waals surface area contributed by atoms with Gasteiger partial charge in [0.05, 0.1) is 31.3 Å². The van der Waals surface area contributed by atoms with Gasteiger partial charge in [-0.1, -0.05) is 19.1 Å². The molecule has 2 aliphatic rings. The van der Waals surface area contributed by atoms with Crippen LogP contribution in [0, 0.1) is 0 Å². The fourth-order valence-corrected chi connectivity index (χ4v) is 4.84. The molecule has 0 N–H and O–H groups in total. The lowest BCUT2D eigenvalue weighted by Crippen LogP contribution is -2.47. The molecule has 3 aromatic rings. The van der Waals surface area contributed by atoms with Gasteiger partial charge in [-0.25, -0.2) is 0 Å². The molecule has 0 saturated heterocycles. The summed E-state index contributed by atoms with van der Waals surface area (Å²) >= 11 is 0. The van der Waals surface area contributed by atoms with Crippen LogP contribution in [-0.4, -0.2) is 48.1 Å². The van der Waals surface area contributed by atoms with Gasteiger partial charge in [-0.15, -0.1) is 0 Å². The van der Waals surface area contributed by atoms with Gasteiger partial charge in [-0.05, 0) is 55.3 Å². The van der Waals surface area contributed by atoms with E-state index < -0.39 is 6.04 Å². The first-order chi connectivity index (χ1) is 16.6. The van der Waals surface area contributed by atoms with Crippen molar-refractivity contribution >= 4 is 17.5 Å². The second-order valence-electron chi connectivity index (χ2n) is 8.67. The number of amides is 2. The Kier molecular flexibility index (Phi) is 5.77. The third-order valence-electron chi connectivity index (χ3n) is 6.64. The Morgan fingerprint density at radius 3 is 2.44 bits per heavy atom. The first-order valence-electron chi connectivity index (χ1n) is 11.7. The van der Waals surface area contributed by atoms with Gasteiger partial charge in [0.2, 0.25) is 11.8 Å². The highest BCUT2D eigenvalue weighted by Crippen LogP contribution is 2.45.